The van der Waals surface area contributed by atoms with E-state index in [1.165, 1.54) is 11.8 Å². The zero-order chi connectivity index (χ0) is 14.7. The van der Waals surface area contributed by atoms with Gasteiger partial charge in [0.25, 0.3) is 5.22 Å². The third kappa shape index (κ3) is 3.59. The summed E-state index contributed by atoms with van der Waals surface area (Å²) in [7, 11) is 0. The molecule has 0 fully saturated rings. The van der Waals surface area contributed by atoms with E-state index in [9.17, 15) is 0 Å². The summed E-state index contributed by atoms with van der Waals surface area (Å²) >= 11 is 13.3. The van der Waals surface area contributed by atoms with E-state index in [0.717, 1.165) is 11.1 Å². The number of hydrogen-bond donors (Lipinski definition) is 0. The number of rotatable bonds is 4. The van der Waals surface area contributed by atoms with Crippen molar-refractivity contribution in [1.82, 2.24) is 10.2 Å². The first-order chi connectivity index (χ1) is 10.2. The van der Waals surface area contributed by atoms with Gasteiger partial charge in [0, 0.05) is 11.3 Å². The molecule has 2 aromatic carbocycles. The summed E-state index contributed by atoms with van der Waals surface area (Å²) in [5, 5.41) is 9.71. The van der Waals surface area contributed by atoms with Crippen LogP contribution in [0.5, 0.6) is 0 Å². The van der Waals surface area contributed by atoms with Gasteiger partial charge in [0.2, 0.25) is 5.89 Å². The Morgan fingerprint density at radius 3 is 2.52 bits per heavy atom. The van der Waals surface area contributed by atoms with Crippen LogP contribution in [0.1, 0.15) is 5.56 Å². The molecule has 0 radical (unpaired) electrons. The molecule has 0 aliphatic heterocycles. The van der Waals surface area contributed by atoms with Crippen molar-refractivity contribution in [3.63, 3.8) is 0 Å². The fourth-order valence-electron chi connectivity index (χ4n) is 1.74. The van der Waals surface area contributed by atoms with Gasteiger partial charge in [0.15, 0.2) is 0 Å². The van der Waals surface area contributed by atoms with Crippen LogP contribution in [0.4, 0.5) is 0 Å². The number of aromatic nitrogens is 2. The van der Waals surface area contributed by atoms with Crippen molar-refractivity contribution in [2.45, 2.75) is 11.0 Å². The number of hydrogen-bond acceptors (Lipinski definition) is 4. The first-order valence-electron chi connectivity index (χ1n) is 6.18. The summed E-state index contributed by atoms with van der Waals surface area (Å²) in [6.45, 7) is 0. The molecule has 0 bridgehead atoms. The van der Waals surface area contributed by atoms with E-state index in [1.807, 2.05) is 42.5 Å². The van der Waals surface area contributed by atoms with Crippen LogP contribution in [0.25, 0.3) is 11.5 Å². The second-order valence-electron chi connectivity index (χ2n) is 4.28. The molecular formula is C15H10Cl2N2OS. The van der Waals surface area contributed by atoms with Gasteiger partial charge < -0.3 is 4.42 Å². The highest BCUT2D eigenvalue weighted by Crippen LogP contribution is 2.28. The number of benzene rings is 2. The van der Waals surface area contributed by atoms with Crippen molar-refractivity contribution in [2.75, 3.05) is 0 Å². The molecule has 0 aliphatic rings. The lowest BCUT2D eigenvalue weighted by atomic mass is 10.2. The molecule has 1 aromatic heterocycles. The number of halogens is 2. The Bertz CT molecular complexity index is 746. The Morgan fingerprint density at radius 1 is 0.952 bits per heavy atom. The Kier molecular flexibility index (Phi) is 4.48. The van der Waals surface area contributed by atoms with Crippen molar-refractivity contribution in [1.29, 1.82) is 0 Å². The van der Waals surface area contributed by atoms with Crippen molar-refractivity contribution in [2.24, 2.45) is 0 Å². The molecule has 0 saturated heterocycles. The van der Waals surface area contributed by atoms with Crippen LogP contribution in [0, 0.1) is 0 Å². The maximum absolute atomic E-state index is 5.99. The molecule has 0 saturated carbocycles. The monoisotopic (exact) mass is 336 g/mol. The van der Waals surface area contributed by atoms with Crippen molar-refractivity contribution >= 4 is 35.0 Å². The van der Waals surface area contributed by atoms with E-state index >= 15 is 0 Å². The number of thioether (sulfide) groups is 1. The Labute approximate surface area is 136 Å². The summed E-state index contributed by atoms with van der Waals surface area (Å²) in [6.07, 6.45) is 0. The minimum absolute atomic E-state index is 0.521. The third-order valence-corrected chi connectivity index (χ3v) is 4.40. The maximum atomic E-state index is 5.99. The normalized spacial score (nSPS) is 10.8. The summed E-state index contributed by atoms with van der Waals surface area (Å²) in [5.74, 6) is 1.21. The predicted molar refractivity (Wildman–Crippen MR) is 85.8 cm³/mol. The summed E-state index contributed by atoms with van der Waals surface area (Å²) in [6, 6.07) is 15.2. The molecule has 3 nitrogen and oxygen atoms in total. The molecule has 0 spiro atoms. The molecule has 0 atom stereocenters. The van der Waals surface area contributed by atoms with Crippen LogP contribution in [0.2, 0.25) is 10.0 Å². The molecule has 0 aliphatic carbocycles. The van der Waals surface area contributed by atoms with E-state index in [1.54, 1.807) is 6.07 Å². The van der Waals surface area contributed by atoms with Gasteiger partial charge in [-0.1, -0.05) is 59.2 Å². The zero-order valence-corrected chi connectivity index (χ0v) is 13.1. The molecule has 3 rings (SSSR count). The lowest BCUT2D eigenvalue weighted by Gasteiger charge is -2.00. The van der Waals surface area contributed by atoms with Gasteiger partial charge in [-0.25, -0.2) is 0 Å². The Balaban J connectivity index is 1.69. The second-order valence-corrected chi connectivity index (χ2v) is 6.02. The molecule has 0 unspecified atom stereocenters. The SMILES string of the molecule is Clc1ccc(CSc2nnc(-c3ccccc3)o2)cc1Cl. The van der Waals surface area contributed by atoms with Crippen molar-refractivity contribution < 1.29 is 4.42 Å². The molecule has 6 heteroatoms. The van der Waals surface area contributed by atoms with Crippen LogP contribution in [0.15, 0.2) is 58.2 Å². The highest BCUT2D eigenvalue weighted by Gasteiger charge is 2.09. The van der Waals surface area contributed by atoms with Gasteiger partial charge in [-0.15, -0.1) is 10.2 Å². The fraction of sp³-hybridized carbons (Fsp3) is 0.0667. The van der Waals surface area contributed by atoms with Gasteiger partial charge >= 0.3 is 0 Å². The Morgan fingerprint density at radius 2 is 1.76 bits per heavy atom. The Hall–Kier alpha value is -1.49. The summed E-state index contributed by atoms with van der Waals surface area (Å²) in [5.41, 5.74) is 1.96. The molecule has 21 heavy (non-hydrogen) atoms. The van der Waals surface area contributed by atoms with Gasteiger partial charge in [0.1, 0.15) is 0 Å². The van der Waals surface area contributed by atoms with Gasteiger partial charge in [-0.2, -0.15) is 0 Å². The quantitative estimate of drug-likeness (QED) is 0.603. The minimum atomic E-state index is 0.521. The highest BCUT2D eigenvalue weighted by molar-refractivity contribution is 7.98. The summed E-state index contributed by atoms with van der Waals surface area (Å²) < 4.78 is 5.63. The van der Waals surface area contributed by atoms with Crippen LogP contribution < -0.4 is 0 Å². The van der Waals surface area contributed by atoms with Crippen LogP contribution in [-0.4, -0.2) is 10.2 Å². The summed E-state index contributed by atoms with van der Waals surface area (Å²) in [4.78, 5) is 0. The van der Waals surface area contributed by atoms with E-state index in [4.69, 9.17) is 27.6 Å². The lowest BCUT2D eigenvalue weighted by molar-refractivity contribution is 0.466. The van der Waals surface area contributed by atoms with E-state index < -0.39 is 0 Å². The molecule has 1 heterocycles. The van der Waals surface area contributed by atoms with Gasteiger partial charge in [-0.05, 0) is 29.8 Å². The molecular weight excluding hydrogens is 327 g/mol. The largest absolute Gasteiger partial charge is 0.411 e. The van der Waals surface area contributed by atoms with Crippen molar-refractivity contribution in [3.8, 4) is 11.5 Å². The smallest absolute Gasteiger partial charge is 0.277 e. The zero-order valence-electron chi connectivity index (χ0n) is 10.8. The fourth-order valence-corrected chi connectivity index (χ4v) is 2.77. The second kappa shape index (κ2) is 6.52. The molecule has 0 N–H and O–H groups in total. The molecule has 106 valence electrons. The van der Waals surface area contributed by atoms with Crippen molar-refractivity contribution in [3.05, 3.63) is 64.1 Å². The first kappa shape index (κ1) is 14.4. The average Bonchev–Trinajstić information content (AvgIpc) is 2.98. The van der Waals surface area contributed by atoms with Crippen LogP contribution >= 0.6 is 35.0 Å². The van der Waals surface area contributed by atoms with Gasteiger partial charge in [0.05, 0.1) is 10.0 Å². The maximum Gasteiger partial charge on any atom is 0.277 e. The van der Waals surface area contributed by atoms with Crippen LogP contribution in [-0.2, 0) is 5.75 Å². The third-order valence-electron chi connectivity index (χ3n) is 2.77. The number of nitrogens with zero attached hydrogens (tertiary/aromatic N) is 2. The molecule has 3 aromatic rings. The lowest BCUT2D eigenvalue weighted by Crippen LogP contribution is -1.81. The molecule has 0 amide bonds. The topological polar surface area (TPSA) is 38.9 Å². The van der Waals surface area contributed by atoms with Gasteiger partial charge in [-0.3, -0.25) is 0 Å². The average molecular weight is 337 g/mol. The van der Waals surface area contributed by atoms with Crippen LogP contribution in [0.3, 0.4) is 0 Å². The first-order valence-corrected chi connectivity index (χ1v) is 7.92. The van der Waals surface area contributed by atoms with E-state index in [2.05, 4.69) is 10.2 Å². The van der Waals surface area contributed by atoms with E-state index in [0.29, 0.717) is 26.9 Å². The standard InChI is InChI=1S/C15H10Cl2N2OS/c16-12-7-6-10(8-13(12)17)9-21-15-19-18-14(20-15)11-4-2-1-3-5-11/h1-8H,9H2. The highest BCUT2D eigenvalue weighted by atomic mass is 35.5. The minimum Gasteiger partial charge on any atom is -0.411 e. The van der Waals surface area contributed by atoms with E-state index in [-0.39, 0.29) is 0 Å². The predicted octanol–water partition coefficient (Wildman–Crippen LogP) is 5.34.